The standard InChI is InChI=1S/C13H10BrIN2O/c1-8-7-9(15)4-5-11(8)17-13(18)10-3-2-6-16-12(10)14/h2-7H,1H3,(H,17,18). The van der Waals surface area contributed by atoms with Crippen molar-refractivity contribution in [2.75, 3.05) is 5.32 Å². The third-order valence-electron chi connectivity index (χ3n) is 2.44. The molecule has 1 N–H and O–H groups in total. The monoisotopic (exact) mass is 416 g/mol. The number of hydrogen-bond acceptors (Lipinski definition) is 2. The molecule has 0 spiro atoms. The molecule has 1 heterocycles. The van der Waals surface area contributed by atoms with E-state index in [0.717, 1.165) is 14.8 Å². The van der Waals surface area contributed by atoms with E-state index >= 15 is 0 Å². The molecule has 1 amide bonds. The molecule has 0 aliphatic rings. The van der Waals surface area contributed by atoms with E-state index in [-0.39, 0.29) is 5.91 Å². The van der Waals surface area contributed by atoms with Gasteiger partial charge in [-0.3, -0.25) is 4.79 Å². The molecule has 0 bridgehead atoms. The summed E-state index contributed by atoms with van der Waals surface area (Å²) < 4.78 is 1.69. The van der Waals surface area contributed by atoms with E-state index in [1.165, 1.54) is 0 Å². The lowest BCUT2D eigenvalue weighted by molar-refractivity contribution is 0.102. The largest absolute Gasteiger partial charge is 0.322 e. The van der Waals surface area contributed by atoms with Crippen molar-refractivity contribution in [3.63, 3.8) is 0 Å². The number of hydrogen-bond donors (Lipinski definition) is 1. The predicted octanol–water partition coefficient (Wildman–Crippen LogP) is 4.01. The minimum Gasteiger partial charge on any atom is -0.322 e. The maximum Gasteiger partial charge on any atom is 0.258 e. The van der Waals surface area contributed by atoms with Crippen LogP contribution in [0, 0.1) is 10.5 Å². The van der Waals surface area contributed by atoms with Gasteiger partial charge < -0.3 is 5.32 Å². The molecule has 1 aromatic heterocycles. The molecule has 0 aliphatic heterocycles. The molecule has 0 aliphatic carbocycles. The van der Waals surface area contributed by atoms with Gasteiger partial charge in [-0.1, -0.05) is 0 Å². The van der Waals surface area contributed by atoms with Crippen LogP contribution in [0.4, 0.5) is 5.69 Å². The Labute approximate surface area is 127 Å². The first-order valence-electron chi connectivity index (χ1n) is 5.26. The van der Waals surface area contributed by atoms with Crippen LogP contribution in [0.2, 0.25) is 0 Å². The number of nitrogens with zero attached hydrogens (tertiary/aromatic N) is 1. The molecule has 3 nitrogen and oxygen atoms in total. The van der Waals surface area contributed by atoms with Crippen molar-refractivity contribution in [3.8, 4) is 0 Å². The number of aryl methyl sites for hydroxylation is 1. The fourth-order valence-corrected chi connectivity index (χ4v) is 2.59. The molecule has 92 valence electrons. The number of pyridine rings is 1. The van der Waals surface area contributed by atoms with Crippen molar-refractivity contribution >= 4 is 50.1 Å². The summed E-state index contributed by atoms with van der Waals surface area (Å²) in [5.41, 5.74) is 2.38. The summed E-state index contributed by atoms with van der Waals surface area (Å²) in [4.78, 5) is 16.1. The summed E-state index contributed by atoms with van der Waals surface area (Å²) >= 11 is 5.51. The number of amides is 1. The number of carbonyl (C=O) groups is 1. The minimum atomic E-state index is -0.167. The van der Waals surface area contributed by atoms with E-state index < -0.39 is 0 Å². The molecule has 2 rings (SSSR count). The van der Waals surface area contributed by atoms with Gasteiger partial charge in [-0.25, -0.2) is 4.98 Å². The fourth-order valence-electron chi connectivity index (χ4n) is 1.51. The van der Waals surface area contributed by atoms with Gasteiger partial charge >= 0.3 is 0 Å². The summed E-state index contributed by atoms with van der Waals surface area (Å²) in [6.45, 7) is 1.97. The van der Waals surface area contributed by atoms with Gasteiger partial charge in [0.2, 0.25) is 0 Å². The summed E-state index contributed by atoms with van der Waals surface area (Å²) in [5.74, 6) is -0.167. The van der Waals surface area contributed by atoms with E-state index in [9.17, 15) is 4.79 Å². The van der Waals surface area contributed by atoms with E-state index in [0.29, 0.717) is 10.2 Å². The van der Waals surface area contributed by atoms with Crippen LogP contribution in [0.1, 0.15) is 15.9 Å². The van der Waals surface area contributed by atoms with Gasteiger partial charge in [0.25, 0.3) is 5.91 Å². The van der Waals surface area contributed by atoms with Gasteiger partial charge in [0.1, 0.15) is 4.60 Å². The van der Waals surface area contributed by atoms with E-state index in [4.69, 9.17) is 0 Å². The Morgan fingerprint density at radius 1 is 1.39 bits per heavy atom. The van der Waals surface area contributed by atoms with Crippen LogP contribution in [0.5, 0.6) is 0 Å². The average molecular weight is 417 g/mol. The van der Waals surface area contributed by atoms with Crippen LogP contribution in [0.15, 0.2) is 41.1 Å². The van der Waals surface area contributed by atoms with Crippen molar-refractivity contribution in [2.24, 2.45) is 0 Å². The molecule has 1 aromatic carbocycles. The second-order valence-electron chi connectivity index (χ2n) is 3.76. The maximum absolute atomic E-state index is 12.1. The zero-order valence-corrected chi connectivity index (χ0v) is 13.3. The zero-order valence-electron chi connectivity index (χ0n) is 9.58. The van der Waals surface area contributed by atoms with Crippen molar-refractivity contribution in [2.45, 2.75) is 6.92 Å². The highest BCUT2D eigenvalue weighted by Crippen LogP contribution is 2.20. The number of rotatable bonds is 2. The maximum atomic E-state index is 12.1. The Bertz CT molecular complexity index is 601. The van der Waals surface area contributed by atoms with Crippen molar-refractivity contribution in [1.82, 2.24) is 4.98 Å². The van der Waals surface area contributed by atoms with E-state index in [2.05, 4.69) is 48.8 Å². The summed E-state index contributed by atoms with van der Waals surface area (Å²) in [7, 11) is 0. The highest BCUT2D eigenvalue weighted by atomic mass is 127. The molecule has 2 aromatic rings. The molecule has 5 heteroatoms. The Hall–Kier alpha value is -0.950. The van der Waals surface area contributed by atoms with Gasteiger partial charge in [0.05, 0.1) is 5.56 Å². The smallest absolute Gasteiger partial charge is 0.258 e. The van der Waals surface area contributed by atoms with Crippen LogP contribution >= 0.6 is 38.5 Å². The van der Waals surface area contributed by atoms with Crippen LogP contribution in [-0.2, 0) is 0 Å². The Kier molecular flexibility index (Phi) is 4.34. The van der Waals surface area contributed by atoms with Crippen molar-refractivity contribution < 1.29 is 4.79 Å². The molecule has 0 unspecified atom stereocenters. The fraction of sp³-hybridized carbons (Fsp3) is 0.0769. The normalized spacial score (nSPS) is 10.2. The molecule has 0 fully saturated rings. The van der Waals surface area contributed by atoms with E-state index in [1.807, 2.05) is 25.1 Å². The van der Waals surface area contributed by atoms with Gasteiger partial charge in [-0.2, -0.15) is 0 Å². The van der Waals surface area contributed by atoms with Gasteiger partial charge in [0, 0.05) is 15.5 Å². The van der Waals surface area contributed by atoms with Crippen LogP contribution in [0.3, 0.4) is 0 Å². The third kappa shape index (κ3) is 3.08. The lowest BCUT2D eigenvalue weighted by atomic mass is 10.2. The van der Waals surface area contributed by atoms with Gasteiger partial charge in [0.15, 0.2) is 0 Å². The van der Waals surface area contributed by atoms with Gasteiger partial charge in [-0.15, -0.1) is 0 Å². The first-order valence-corrected chi connectivity index (χ1v) is 7.13. The van der Waals surface area contributed by atoms with E-state index in [1.54, 1.807) is 18.3 Å². The topological polar surface area (TPSA) is 42.0 Å². The number of anilines is 1. The lowest BCUT2D eigenvalue weighted by Gasteiger charge is -2.09. The lowest BCUT2D eigenvalue weighted by Crippen LogP contribution is -2.13. The molecule has 0 saturated carbocycles. The highest BCUT2D eigenvalue weighted by Gasteiger charge is 2.11. The Morgan fingerprint density at radius 2 is 2.17 bits per heavy atom. The summed E-state index contributed by atoms with van der Waals surface area (Å²) in [5, 5.41) is 2.88. The van der Waals surface area contributed by atoms with Gasteiger partial charge in [-0.05, 0) is 81.3 Å². The van der Waals surface area contributed by atoms with Crippen molar-refractivity contribution in [1.29, 1.82) is 0 Å². The SMILES string of the molecule is Cc1cc(I)ccc1NC(=O)c1cccnc1Br. The molecular formula is C13H10BrIN2O. The second-order valence-corrected chi connectivity index (χ2v) is 5.75. The molecular weight excluding hydrogens is 407 g/mol. The molecule has 0 radical (unpaired) electrons. The second kappa shape index (κ2) is 5.79. The third-order valence-corrected chi connectivity index (χ3v) is 3.74. The number of nitrogens with one attached hydrogen (secondary N) is 1. The van der Waals surface area contributed by atoms with Crippen LogP contribution < -0.4 is 5.32 Å². The molecule has 0 saturated heterocycles. The van der Waals surface area contributed by atoms with Crippen LogP contribution in [-0.4, -0.2) is 10.9 Å². The first-order chi connectivity index (χ1) is 8.58. The van der Waals surface area contributed by atoms with Crippen LogP contribution in [0.25, 0.3) is 0 Å². The summed E-state index contributed by atoms with van der Waals surface area (Å²) in [6.07, 6.45) is 1.64. The number of aromatic nitrogens is 1. The predicted molar refractivity (Wildman–Crippen MR) is 83.8 cm³/mol. The first kappa shape index (κ1) is 13.5. The molecule has 18 heavy (non-hydrogen) atoms. The molecule has 0 atom stereocenters. The number of halogens is 2. The average Bonchev–Trinajstić information content (AvgIpc) is 2.33. The summed E-state index contributed by atoms with van der Waals surface area (Å²) in [6, 6.07) is 9.35. The minimum absolute atomic E-state index is 0.167. The number of benzene rings is 1. The quantitative estimate of drug-likeness (QED) is 0.593. The number of carbonyl (C=O) groups excluding carboxylic acids is 1. The van der Waals surface area contributed by atoms with Crippen molar-refractivity contribution in [3.05, 3.63) is 55.8 Å². The Balaban J connectivity index is 2.24. The zero-order chi connectivity index (χ0) is 13.1. The highest BCUT2D eigenvalue weighted by molar-refractivity contribution is 14.1. The Morgan fingerprint density at radius 3 is 2.83 bits per heavy atom.